The van der Waals surface area contributed by atoms with Gasteiger partial charge in [0.25, 0.3) is 0 Å². The number of nitrogens with two attached hydrogens (primary N) is 1. The Bertz CT molecular complexity index is 620. The van der Waals surface area contributed by atoms with Gasteiger partial charge in [-0.3, -0.25) is 0 Å². The zero-order chi connectivity index (χ0) is 13.8. The Balaban J connectivity index is 2.26. The molecule has 0 spiro atoms. The van der Waals surface area contributed by atoms with Gasteiger partial charge in [0, 0.05) is 18.0 Å². The van der Waals surface area contributed by atoms with E-state index in [1.807, 2.05) is 0 Å². The molecule has 7 heteroatoms. The van der Waals surface area contributed by atoms with Crippen LogP contribution in [0.3, 0.4) is 0 Å². The summed E-state index contributed by atoms with van der Waals surface area (Å²) in [5.74, 6) is 0.0142. The summed E-state index contributed by atoms with van der Waals surface area (Å²) in [6.07, 6.45) is 1.53. The molecule has 2 rings (SSSR count). The highest BCUT2D eigenvalue weighted by Gasteiger charge is 2.06. The van der Waals surface area contributed by atoms with E-state index in [0.717, 1.165) is 0 Å². The molecular weight excluding hydrogens is 267 g/mol. The summed E-state index contributed by atoms with van der Waals surface area (Å²) in [6.45, 7) is 0. The highest BCUT2D eigenvalue weighted by Crippen LogP contribution is 2.23. The summed E-state index contributed by atoms with van der Waals surface area (Å²) in [4.78, 5) is 8.33. The van der Waals surface area contributed by atoms with Gasteiger partial charge >= 0.3 is 0 Å². The topological polar surface area (TPSA) is 73.1 Å². The molecule has 5 nitrogen and oxygen atoms in total. The fraction of sp³-hybridized carbons (Fsp3) is 0.0833. The number of benzene rings is 1. The zero-order valence-corrected chi connectivity index (χ0v) is 10.9. The van der Waals surface area contributed by atoms with E-state index >= 15 is 0 Å². The molecule has 0 fully saturated rings. The van der Waals surface area contributed by atoms with Gasteiger partial charge in [-0.2, -0.15) is 0 Å². The number of halogens is 1. The van der Waals surface area contributed by atoms with Crippen LogP contribution < -0.4 is 15.8 Å². The van der Waals surface area contributed by atoms with Crippen molar-refractivity contribution in [2.24, 2.45) is 5.73 Å². The Morgan fingerprint density at radius 1 is 1.42 bits per heavy atom. The molecule has 0 amide bonds. The largest absolute Gasteiger partial charge is 0.494 e. The summed E-state index contributed by atoms with van der Waals surface area (Å²) in [5, 5.41) is 2.92. The van der Waals surface area contributed by atoms with Gasteiger partial charge in [-0.25, -0.2) is 14.4 Å². The molecule has 1 aromatic heterocycles. The van der Waals surface area contributed by atoms with Crippen LogP contribution in [0.1, 0.15) is 5.69 Å². The summed E-state index contributed by atoms with van der Waals surface area (Å²) in [5.41, 5.74) is 6.54. The lowest BCUT2D eigenvalue weighted by molar-refractivity contribution is 0.387. The van der Waals surface area contributed by atoms with E-state index in [0.29, 0.717) is 17.3 Å². The van der Waals surface area contributed by atoms with Gasteiger partial charge in [-0.15, -0.1) is 0 Å². The third-order valence-electron chi connectivity index (χ3n) is 2.32. The maximum absolute atomic E-state index is 13.3. The zero-order valence-electron chi connectivity index (χ0n) is 10.1. The Morgan fingerprint density at radius 3 is 2.89 bits per heavy atom. The van der Waals surface area contributed by atoms with Crippen molar-refractivity contribution in [1.82, 2.24) is 9.97 Å². The molecule has 0 atom stereocenters. The SMILES string of the molecule is COc1cc(Nc2nccc(C(N)=S)n2)ccc1F. The first-order valence-corrected chi connectivity index (χ1v) is 5.74. The van der Waals surface area contributed by atoms with Crippen molar-refractivity contribution >= 4 is 28.8 Å². The van der Waals surface area contributed by atoms with E-state index in [4.69, 9.17) is 22.7 Å². The Hall–Kier alpha value is -2.28. The smallest absolute Gasteiger partial charge is 0.227 e. The van der Waals surface area contributed by atoms with Gasteiger partial charge in [0.05, 0.1) is 7.11 Å². The Labute approximate surface area is 114 Å². The average molecular weight is 278 g/mol. The Kier molecular flexibility index (Phi) is 3.86. The van der Waals surface area contributed by atoms with Crippen molar-refractivity contribution in [2.75, 3.05) is 12.4 Å². The van der Waals surface area contributed by atoms with Gasteiger partial charge < -0.3 is 15.8 Å². The number of thiocarbonyl (C=S) groups is 1. The molecule has 0 saturated heterocycles. The molecule has 0 aliphatic heterocycles. The predicted octanol–water partition coefficient (Wildman–Crippen LogP) is 2.00. The second-order valence-electron chi connectivity index (χ2n) is 3.60. The molecule has 0 bridgehead atoms. The van der Waals surface area contributed by atoms with Crippen molar-refractivity contribution in [1.29, 1.82) is 0 Å². The molecule has 0 unspecified atom stereocenters. The minimum absolute atomic E-state index is 0.135. The highest BCUT2D eigenvalue weighted by molar-refractivity contribution is 7.80. The first-order valence-electron chi connectivity index (χ1n) is 5.33. The normalized spacial score (nSPS) is 10.0. The quantitative estimate of drug-likeness (QED) is 0.833. The average Bonchev–Trinajstić information content (AvgIpc) is 2.41. The van der Waals surface area contributed by atoms with Crippen LogP contribution in [-0.2, 0) is 0 Å². The van der Waals surface area contributed by atoms with Gasteiger partial charge in [-0.1, -0.05) is 12.2 Å². The van der Waals surface area contributed by atoms with Crippen LogP contribution in [0.15, 0.2) is 30.5 Å². The molecule has 0 saturated carbocycles. The highest BCUT2D eigenvalue weighted by atomic mass is 32.1. The van der Waals surface area contributed by atoms with Crippen molar-refractivity contribution in [3.8, 4) is 5.75 Å². The lowest BCUT2D eigenvalue weighted by Gasteiger charge is -2.08. The van der Waals surface area contributed by atoms with Crippen molar-refractivity contribution in [3.05, 3.63) is 42.0 Å². The van der Waals surface area contributed by atoms with Gasteiger partial charge in [-0.05, 0) is 18.2 Å². The second-order valence-corrected chi connectivity index (χ2v) is 4.04. The molecule has 3 N–H and O–H groups in total. The van der Waals surface area contributed by atoms with E-state index in [9.17, 15) is 4.39 Å². The third kappa shape index (κ3) is 3.14. The maximum Gasteiger partial charge on any atom is 0.227 e. The number of nitrogens with one attached hydrogen (secondary N) is 1. The number of ether oxygens (including phenoxy) is 1. The minimum Gasteiger partial charge on any atom is -0.494 e. The predicted molar refractivity (Wildman–Crippen MR) is 74.2 cm³/mol. The first kappa shape index (κ1) is 13.2. The molecule has 2 aromatic rings. The summed E-state index contributed by atoms with van der Waals surface area (Å²) < 4.78 is 18.1. The van der Waals surface area contributed by atoms with Gasteiger partial charge in [0.1, 0.15) is 10.7 Å². The fourth-order valence-electron chi connectivity index (χ4n) is 1.42. The molecule has 0 radical (unpaired) electrons. The van der Waals surface area contributed by atoms with E-state index in [1.54, 1.807) is 12.1 Å². The van der Waals surface area contributed by atoms with Crippen molar-refractivity contribution < 1.29 is 9.13 Å². The van der Waals surface area contributed by atoms with Crippen LogP contribution in [0, 0.1) is 5.82 Å². The van der Waals surface area contributed by atoms with Crippen LogP contribution in [0.25, 0.3) is 0 Å². The molecule has 98 valence electrons. The lowest BCUT2D eigenvalue weighted by atomic mass is 10.3. The summed E-state index contributed by atoms with van der Waals surface area (Å²) in [7, 11) is 1.40. The molecule has 1 aromatic carbocycles. The number of rotatable bonds is 4. The van der Waals surface area contributed by atoms with E-state index in [2.05, 4.69) is 15.3 Å². The lowest BCUT2D eigenvalue weighted by Crippen LogP contribution is -2.12. The molecule has 0 aliphatic carbocycles. The van der Waals surface area contributed by atoms with Crippen LogP contribution in [0.2, 0.25) is 0 Å². The molecular formula is C12H11FN4OS. The number of hydrogen-bond acceptors (Lipinski definition) is 5. The van der Waals surface area contributed by atoms with Crippen LogP contribution in [0.5, 0.6) is 5.75 Å². The van der Waals surface area contributed by atoms with E-state index in [1.165, 1.54) is 25.4 Å². The monoisotopic (exact) mass is 278 g/mol. The van der Waals surface area contributed by atoms with Crippen molar-refractivity contribution in [2.45, 2.75) is 0 Å². The number of methoxy groups -OCH3 is 1. The molecule has 19 heavy (non-hydrogen) atoms. The van der Waals surface area contributed by atoms with Gasteiger partial charge in [0.2, 0.25) is 5.95 Å². The maximum atomic E-state index is 13.3. The Morgan fingerprint density at radius 2 is 2.21 bits per heavy atom. The van der Waals surface area contributed by atoms with Crippen LogP contribution >= 0.6 is 12.2 Å². The fourth-order valence-corrected chi connectivity index (χ4v) is 1.54. The first-order chi connectivity index (χ1) is 9.10. The van der Waals surface area contributed by atoms with E-state index < -0.39 is 5.82 Å². The third-order valence-corrected chi connectivity index (χ3v) is 2.52. The second kappa shape index (κ2) is 5.57. The molecule has 0 aliphatic rings. The summed E-state index contributed by atoms with van der Waals surface area (Å²) >= 11 is 4.83. The number of aromatic nitrogens is 2. The summed E-state index contributed by atoms with van der Waals surface area (Å²) in [6, 6.07) is 5.96. The van der Waals surface area contributed by atoms with Crippen LogP contribution in [-0.4, -0.2) is 22.1 Å². The van der Waals surface area contributed by atoms with Crippen LogP contribution in [0.4, 0.5) is 16.0 Å². The number of anilines is 2. The van der Waals surface area contributed by atoms with E-state index in [-0.39, 0.29) is 10.7 Å². The van der Waals surface area contributed by atoms with Crippen molar-refractivity contribution in [3.63, 3.8) is 0 Å². The number of nitrogens with zero attached hydrogens (tertiary/aromatic N) is 2. The molecule has 1 heterocycles. The minimum atomic E-state index is -0.439. The standard InChI is InChI=1S/C12H11FN4OS/c1-18-10-6-7(2-3-8(10)13)16-12-15-5-4-9(17-12)11(14)19/h2-6H,1H3,(H2,14,19)(H,15,16,17). The van der Waals surface area contributed by atoms with Gasteiger partial charge in [0.15, 0.2) is 11.6 Å². The number of hydrogen-bond donors (Lipinski definition) is 2.